The molecule has 0 spiro atoms. The third-order valence-electron chi connectivity index (χ3n) is 4.55. The molecule has 29 heavy (non-hydrogen) atoms. The van der Waals surface area contributed by atoms with Gasteiger partial charge in [-0.25, -0.2) is 0 Å². The molecule has 2 atom stereocenters. The van der Waals surface area contributed by atoms with Gasteiger partial charge in [0.05, 0.1) is 26.3 Å². The normalized spacial score (nSPS) is 16.0. The number of quaternary nitrogens is 1. The molecule has 2 amide bonds. The van der Waals surface area contributed by atoms with Gasteiger partial charge in [-0.3, -0.25) is 9.59 Å². The molecule has 0 saturated heterocycles. The maximum Gasteiger partial charge on any atom is 0.275 e. The minimum atomic E-state index is -0.278. The number of carbonyl (C=O) groups is 2. The average Bonchev–Trinajstić information content (AvgIpc) is 2.82. The summed E-state index contributed by atoms with van der Waals surface area (Å²) in [5.74, 6) is 1.52. The number of hydrogen-bond acceptors (Lipinski definition) is 4. The van der Waals surface area contributed by atoms with Crippen LogP contribution in [0.5, 0.6) is 11.5 Å². The Hall–Kier alpha value is -2.28. The zero-order chi connectivity index (χ0) is 21.6. The first kappa shape index (κ1) is 23.0. The number of carbonyl (C=O) groups excluding carboxylic acids is 2. The van der Waals surface area contributed by atoms with E-state index >= 15 is 0 Å². The van der Waals surface area contributed by atoms with Crippen LogP contribution in [0.1, 0.15) is 52.6 Å². The smallest absolute Gasteiger partial charge is 0.275 e. The molecule has 3 N–H and O–H groups in total. The molecule has 0 fully saturated rings. The third-order valence-corrected chi connectivity index (χ3v) is 4.55. The molecule has 1 aromatic rings. The van der Waals surface area contributed by atoms with Gasteiger partial charge in [0.1, 0.15) is 0 Å². The molecular formula is C22H36N3O4+. The fourth-order valence-corrected chi connectivity index (χ4v) is 3.31. The van der Waals surface area contributed by atoms with E-state index in [-0.39, 0.29) is 42.4 Å². The van der Waals surface area contributed by atoms with Crippen LogP contribution in [0.15, 0.2) is 18.2 Å². The molecular weight excluding hydrogens is 370 g/mol. The molecule has 0 saturated carbocycles. The van der Waals surface area contributed by atoms with Crippen LogP contribution in [-0.4, -0.2) is 50.7 Å². The minimum Gasteiger partial charge on any atom is -0.490 e. The molecule has 0 radical (unpaired) electrons. The fourth-order valence-electron chi connectivity index (χ4n) is 3.31. The highest BCUT2D eigenvalue weighted by Gasteiger charge is 2.24. The lowest BCUT2D eigenvalue weighted by Crippen LogP contribution is -3.11. The van der Waals surface area contributed by atoms with Crippen molar-refractivity contribution in [2.24, 2.45) is 5.92 Å². The first-order chi connectivity index (χ1) is 13.5. The van der Waals surface area contributed by atoms with Crippen LogP contribution in [0.3, 0.4) is 0 Å². The molecule has 7 nitrogen and oxygen atoms in total. The molecule has 0 aliphatic carbocycles. The number of nitrogens with one attached hydrogen (secondary N) is 3. The van der Waals surface area contributed by atoms with Gasteiger partial charge in [-0.05, 0) is 44.4 Å². The Morgan fingerprint density at radius 2 is 1.69 bits per heavy atom. The van der Waals surface area contributed by atoms with Gasteiger partial charge in [-0.15, -0.1) is 0 Å². The highest BCUT2D eigenvalue weighted by atomic mass is 16.5. The summed E-state index contributed by atoms with van der Waals surface area (Å²) in [5.41, 5.74) is 0.708. The predicted molar refractivity (Wildman–Crippen MR) is 112 cm³/mol. The van der Waals surface area contributed by atoms with Gasteiger partial charge in [0.25, 0.3) is 11.8 Å². The van der Waals surface area contributed by atoms with Crippen molar-refractivity contribution in [3.05, 3.63) is 23.8 Å². The maximum absolute atomic E-state index is 12.6. The van der Waals surface area contributed by atoms with Crippen LogP contribution in [-0.2, 0) is 9.59 Å². The highest BCUT2D eigenvalue weighted by Crippen LogP contribution is 2.34. The van der Waals surface area contributed by atoms with Gasteiger partial charge in [-0.1, -0.05) is 19.9 Å². The molecule has 2 rings (SSSR count). The number of rotatable bonds is 7. The summed E-state index contributed by atoms with van der Waals surface area (Å²) in [6, 6.07) is 5.70. The molecule has 1 aromatic carbocycles. The van der Waals surface area contributed by atoms with E-state index in [0.29, 0.717) is 13.2 Å². The van der Waals surface area contributed by atoms with Crippen LogP contribution >= 0.6 is 0 Å². The molecule has 0 aromatic heterocycles. The zero-order valence-electron chi connectivity index (χ0n) is 18.6. The molecule has 0 bridgehead atoms. The minimum absolute atomic E-state index is 0.0638. The topological polar surface area (TPSA) is 81.1 Å². The summed E-state index contributed by atoms with van der Waals surface area (Å²) in [6.07, 6.45) is 0.853. The number of hydrogen-bond donors (Lipinski definition) is 3. The molecule has 1 unspecified atom stereocenters. The van der Waals surface area contributed by atoms with Gasteiger partial charge in [-0.2, -0.15) is 0 Å². The van der Waals surface area contributed by atoms with Crippen LogP contribution in [0.2, 0.25) is 0 Å². The van der Waals surface area contributed by atoms with E-state index < -0.39 is 0 Å². The number of benzene rings is 1. The van der Waals surface area contributed by atoms with Crippen LogP contribution in [0, 0.1) is 5.92 Å². The van der Waals surface area contributed by atoms with E-state index in [1.165, 1.54) is 0 Å². The van der Waals surface area contributed by atoms with E-state index in [1.807, 2.05) is 46.0 Å². The second-order valence-electron chi connectivity index (χ2n) is 9.15. The summed E-state index contributed by atoms with van der Waals surface area (Å²) in [4.78, 5) is 25.5. The lowest BCUT2D eigenvalue weighted by molar-refractivity contribution is -0.862. The summed E-state index contributed by atoms with van der Waals surface area (Å²) >= 11 is 0. The highest BCUT2D eigenvalue weighted by molar-refractivity contribution is 5.79. The second-order valence-corrected chi connectivity index (χ2v) is 9.15. The molecule has 1 heterocycles. The van der Waals surface area contributed by atoms with Gasteiger partial charge >= 0.3 is 0 Å². The fraction of sp³-hybridized carbons (Fsp3) is 0.636. The Labute approximate surface area is 174 Å². The van der Waals surface area contributed by atoms with Crippen molar-refractivity contribution < 1.29 is 24.0 Å². The number of ether oxygens (including phenoxy) is 2. The molecule has 7 heteroatoms. The number of amides is 2. The van der Waals surface area contributed by atoms with E-state index in [9.17, 15) is 9.59 Å². The van der Waals surface area contributed by atoms with Gasteiger partial charge < -0.3 is 25.0 Å². The van der Waals surface area contributed by atoms with Crippen LogP contribution < -0.4 is 25.0 Å². The molecule has 162 valence electrons. The first-order valence-electron chi connectivity index (χ1n) is 10.4. The van der Waals surface area contributed by atoms with E-state index in [1.54, 1.807) is 0 Å². The van der Waals surface area contributed by atoms with Crippen molar-refractivity contribution >= 4 is 11.8 Å². The summed E-state index contributed by atoms with van der Waals surface area (Å²) in [6.45, 7) is 11.7. The standard InChI is InChI=1S/C22H35N3O4/c1-15(2)21(16-8-9-17-18(12-16)29-11-7-10-28-17)23-19(26)13-25(6)14-20(27)24-22(3,4)5/h8-9,12,15,21H,7,10-11,13-14H2,1-6H3,(H,23,26)(H,24,27)/p+1/t21-/m1/s1. The quantitative estimate of drug-likeness (QED) is 0.633. The predicted octanol–water partition coefficient (Wildman–Crippen LogP) is 1.09. The van der Waals surface area contributed by atoms with Crippen molar-refractivity contribution in [3.8, 4) is 11.5 Å². The number of likely N-dealkylation sites (N-methyl/N-ethyl adjacent to an activating group) is 1. The largest absolute Gasteiger partial charge is 0.490 e. The lowest BCUT2D eigenvalue weighted by atomic mass is 9.95. The van der Waals surface area contributed by atoms with Crippen molar-refractivity contribution in [3.63, 3.8) is 0 Å². The first-order valence-corrected chi connectivity index (χ1v) is 10.4. The van der Waals surface area contributed by atoms with Crippen molar-refractivity contribution in [1.82, 2.24) is 10.6 Å². The monoisotopic (exact) mass is 406 g/mol. The zero-order valence-corrected chi connectivity index (χ0v) is 18.6. The van der Waals surface area contributed by atoms with E-state index in [0.717, 1.165) is 28.4 Å². The summed E-state index contributed by atoms with van der Waals surface area (Å²) < 4.78 is 11.5. The maximum atomic E-state index is 12.6. The van der Waals surface area contributed by atoms with E-state index in [2.05, 4.69) is 24.5 Å². The van der Waals surface area contributed by atoms with Gasteiger partial charge in [0, 0.05) is 12.0 Å². The van der Waals surface area contributed by atoms with Gasteiger partial charge in [0.15, 0.2) is 24.6 Å². The van der Waals surface area contributed by atoms with E-state index in [4.69, 9.17) is 9.47 Å². The van der Waals surface area contributed by atoms with Crippen molar-refractivity contribution in [2.45, 2.75) is 52.6 Å². The summed E-state index contributed by atoms with van der Waals surface area (Å²) in [5, 5.41) is 6.04. The molecule has 1 aliphatic heterocycles. The van der Waals surface area contributed by atoms with Crippen molar-refractivity contribution in [1.29, 1.82) is 0 Å². The van der Waals surface area contributed by atoms with Crippen molar-refractivity contribution in [2.75, 3.05) is 33.4 Å². The lowest BCUT2D eigenvalue weighted by Gasteiger charge is -2.25. The Kier molecular flexibility index (Phi) is 7.90. The Bertz CT molecular complexity index is 712. The Balaban J connectivity index is 1.99. The van der Waals surface area contributed by atoms with Gasteiger partial charge in [0.2, 0.25) is 0 Å². The second kappa shape index (κ2) is 9.96. The van der Waals surface area contributed by atoms with Crippen LogP contribution in [0.25, 0.3) is 0 Å². The third kappa shape index (κ3) is 7.57. The average molecular weight is 407 g/mol. The van der Waals surface area contributed by atoms with Crippen LogP contribution in [0.4, 0.5) is 0 Å². The Morgan fingerprint density at radius 1 is 1.07 bits per heavy atom. The summed E-state index contributed by atoms with van der Waals surface area (Å²) in [7, 11) is 1.85. The number of fused-ring (bicyclic) bond motifs is 1. The SMILES string of the molecule is CC(C)[C@@H](NC(=O)C[NH+](C)CC(=O)NC(C)(C)C)c1ccc2c(c1)OCCCO2. The molecule has 1 aliphatic rings. The Morgan fingerprint density at radius 3 is 2.31 bits per heavy atom.